The number of thiazole rings is 1. The van der Waals surface area contributed by atoms with Crippen molar-refractivity contribution in [2.75, 3.05) is 6.61 Å². The molecule has 2 aromatic carbocycles. The van der Waals surface area contributed by atoms with Crippen molar-refractivity contribution in [2.24, 2.45) is 4.99 Å². The first-order valence-electron chi connectivity index (χ1n) is 9.91. The van der Waals surface area contributed by atoms with Gasteiger partial charge in [0.2, 0.25) is 0 Å². The summed E-state index contributed by atoms with van der Waals surface area (Å²) in [6.45, 7) is 5.64. The van der Waals surface area contributed by atoms with Crippen molar-refractivity contribution in [3.8, 4) is 0 Å². The lowest BCUT2D eigenvalue weighted by atomic mass is 9.96. The Bertz CT molecular complexity index is 1350. The summed E-state index contributed by atoms with van der Waals surface area (Å²) in [6.07, 6.45) is 1.81. The van der Waals surface area contributed by atoms with Gasteiger partial charge in [0.25, 0.3) is 5.56 Å². The standard InChI is InChI=1S/C24H21FN2O3S/c1-4-30-23(29)20-15(3)26-24-27(21(20)17-9-11-18(25)12-10-17)22(28)19(31-24)13-16-7-5-14(2)6-8-16/h5-13,21H,4H2,1-3H3/b19-13-/t21-/m0/s1. The number of aromatic nitrogens is 1. The van der Waals surface area contributed by atoms with Gasteiger partial charge in [0.1, 0.15) is 5.82 Å². The monoisotopic (exact) mass is 436 g/mol. The van der Waals surface area contributed by atoms with Crippen molar-refractivity contribution in [1.82, 2.24) is 4.57 Å². The Labute approximate surface area is 182 Å². The van der Waals surface area contributed by atoms with Crippen LogP contribution in [-0.4, -0.2) is 17.1 Å². The molecule has 1 aliphatic heterocycles. The van der Waals surface area contributed by atoms with Crippen LogP contribution in [0.4, 0.5) is 4.39 Å². The van der Waals surface area contributed by atoms with Crippen LogP contribution in [0.3, 0.4) is 0 Å². The van der Waals surface area contributed by atoms with Crippen LogP contribution in [0.5, 0.6) is 0 Å². The fourth-order valence-electron chi connectivity index (χ4n) is 3.57. The Morgan fingerprint density at radius 3 is 2.48 bits per heavy atom. The molecular formula is C24H21FN2O3S. The lowest BCUT2D eigenvalue weighted by Crippen LogP contribution is -2.39. The Balaban J connectivity index is 1.94. The molecule has 0 bridgehead atoms. The van der Waals surface area contributed by atoms with Crippen molar-refractivity contribution in [1.29, 1.82) is 0 Å². The number of hydrogen-bond acceptors (Lipinski definition) is 5. The molecule has 1 atom stereocenters. The smallest absolute Gasteiger partial charge is 0.338 e. The van der Waals surface area contributed by atoms with Crippen molar-refractivity contribution in [3.05, 3.63) is 102 Å². The van der Waals surface area contributed by atoms with E-state index in [1.54, 1.807) is 26.0 Å². The van der Waals surface area contributed by atoms with Gasteiger partial charge in [0.05, 0.1) is 28.5 Å². The maximum absolute atomic E-state index is 13.6. The van der Waals surface area contributed by atoms with E-state index in [0.29, 0.717) is 20.6 Å². The van der Waals surface area contributed by atoms with Gasteiger partial charge in [-0.1, -0.05) is 53.3 Å². The molecule has 1 aromatic heterocycles. The van der Waals surface area contributed by atoms with Crippen molar-refractivity contribution in [3.63, 3.8) is 0 Å². The van der Waals surface area contributed by atoms with Gasteiger partial charge in [-0.25, -0.2) is 14.2 Å². The predicted octanol–water partition coefficient (Wildman–Crippen LogP) is 3.25. The first kappa shape index (κ1) is 20.9. The highest BCUT2D eigenvalue weighted by atomic mass is 32.1. The molecule has 7 heteroatoms. The number of carbonyl (C=O) groups is 1. The van der Waals surface area contributed by atoms with Gasteiger partial charge in [0, 0.05) is 0 Å². The normalized spacial score (nSPS) is 16.1. The first-order valence-corrected chi connectivity index (χ1v) is 10.7. The van der Waals surface area contributed by atoms with E-state index in [0.717, 1.165) is 11.1 Å². The number of carbonyl (C=O) groups excluding carboxylic acids is 1. The summed E-state index contributed by atoms with van der Waals surface area (Å²) in [5, 5.41) is 0. The first-order chi connectivity index (χ1) is 14.9. The van der Waals surface area contributed by atoms with Gasteiger partial charge in [-0.15, -0.1) is 0 Å². The number of nitrogens with zero attached hydrogens (tertiary/aromatic N) is 2. The third kappa shape index (κ3) is 4.01. The maximum Gasteiger partial charge on any atom is 0.338 e. The molecule has 0 saturated heterocycles. The molecule has 5 nitrogen and oxygen atoms in total. The molecule has 0 saturated carbocycles. The maximum atomic E-state index is 13.6. The number of aryl methyl sites for hydroxylation is 1. The van der Waals surface area contributed by atoms with E-state index < -0.39 is 17.8 Å². The number of rotatable bonds is 4. The molecule has 2 heterocycles. The molecule has 1 aliphatic rings. The van der Waals surface area contributed by atoms with Crippen LogP contribution in [-0.2, 0) is 9.53 Å². The summed E-state index contributed by atoms with van der Waals surface area (Å²) in [5.74, 6) is -0.931. The van der Waals surface area contributed by atoms with Gasteiger partial charge in [-0.3, -0.25) is 9.36 Å². The average molecular weight is 437 g/mol. The number of hydrogen-bond donors (Lipinski definition) is 0. The molecule has 31 heavy (non-hydrogen) atoms. The summed E-state index contributed by atoms with van der Waals surface area (Å²) in [4.78, 5) is 31.2. The third-order valence-corrected chi connectivity index (χ3v) is 6.06. The largest absolute Gasteiger partial charge is 0.463 e. The number of ether oxygens (including phenoxy) is 1. The summed E-state index contributed by atoms with van der Waals surface area (Å²) in [6, 6.07) is 12.9. The molecule has 0 fully saturated rings. The second-order valence-corrected chi connectivity index (χ2v) is 8.27. The van der Waals surface area contributed by atoms with Crippen LogP contribution < -0.4 is 14.9 Å². The van der Waals surface area contributed by atoms with Gasteiger partial charge in [-0.2, -0.15) is 0 Å². The van der Waals surface area contributed by atoms with E-state index in [2.05, 4.69) is 4.99 Å². The number of halogens is 1. The summed E-state index contributed by atoms with van der Waals surface area (Å²) < 4.78 is 20.8. The molecule has 4 rings (SSSR count). The lowest BCUT2D eigenvalue weighted by molar-refractivity contribution is -0.139. The lowest BCUT2D eigenvalue weighted by Gasteiger charge is -2.24. The fraction of sp³-hybridized carbons (Fsp3) is 0.208. The molecule has 0 radical (unpaired) electrons. The number of esters is 1. The summed E-state index contributed by atoms with van der Waals surface area (Å²) in [7, 11) is 0. The van der Waals surface area contributed by atoms with Crippen LogP contribution in [0.25, 0.3) is 6.08 Å². The van der Waals surface area contributed by atoms with E-state index >= 15 is 0 Å². The molecule has 0 N–H and O–H groups in total. The minimum Gasteiger partial charge on any atom is -0.463 e. The Morgan fingerprint density at radius 1 is 1.16 bits per heavy atom. The fourth-order valence-corrected chi connectivity index (χ4v) is 4.61. The molecular weight excluding hydrogens is 415 g/mol. The van der Waals surface area contributed by atoms with Gasteiger partial charge in [0.15, 0.2) is 4.80 Å². The van der Waals surface area contributed by atoms with Crippen LogP contribution in [0, 0.1) is 12.7 Å². The summed E-state index contributed by atoms with van der Waals surface area (Å²) >= 11 is 1.26. The van der Waals surface area contributed by atoms with Crippen LogP contribution in [0.2, 0.25) is 0 Å². The number of benzene rings is 2. The van der Waals surface area contributed by atoms with E-state index in [9.17, 15) is 14.0 Å². The second kappa shape index (κ2) is 8.43. The zero-order valence-electron chi connectivity index (χ0n) is 17.4. The molecule has 0 spiro atoms. The minimum atomic E-state index is -0.740. The number of allylic oxidation sites excluding steroid dienone is 1. The molecule has 0 aliphatic carbocycles. The van der Waals surface area contributed by atoms with Gasteiger partial charge >= 0.3 is 5.97 Å². The van der Waals surface area contributed by atoms with Crippen LogP contribution >= 0.6 is 11.3 Å². The zero-order chi connectivity index (χ0) is 22.1. The quantitative estimate of drug-likeness (QED) is 0.590. The molecule has 3 aromatic rings. The highest BCUT2D eigenvalue weighted by Gasteiger charge is 2.33. The molecule has 0 unspecified atom stereocenters. The van der Waals surface area contributed by atoms with E-state index in [-0.39, 0.29) is 17.7 Å². The van der Waals surface area contributed by atoms with Crippen molar-refractivity contribution in [2.45, 2.75) is 26.8 Å². The van der Waals surface area contributed by atoms with E-state index in [1.165, 1.54) is 28.0 Å². The Hall–Kier alpha value is -3.32. The van der Waals surface area contributed by atoms with Gasteiger partial charge < -0.3 is 4.74 Å². The highest BCUT2D eigenvalue weighted by molar-refractivity contribution is 7.07. The zero-order valence-corrected chi connectivity index (χ0v) is 18.2. The second-order valence-electron chi connectivity index (χ2n) is 7.26. The number of fused-ring (bicyclic) bond motifs is 1. The Morgan fingerprint density at radius 2 is 1.84 bits per heavy atom. The van der Waals surface area contributed by atoms with Crippen LogP contribution in [0.1, 0.15) is 36.6 Å². The summed E-state index contributed by atoms with van der Waals surface area (Å²) in [5.41, 5.74) is 3.15. The predicted molar refractivity (Wildman–Crippen MR) is 118 cm³/mol. The topological polar surface area (TPSA) is 60.7 Å². The third-order valence-electron chi connectivity index (χ3n) is 5.08. The van der Waals surface area contributed by atoms with E-state index in [1.807, 2.05) is 37.3 Å². The SMILES string of the molecule is CCOC(=O)C1=C(C)N=c2s/c(=C\c3ccc(C)cc3)c(=O)n2[C@H]1c1ccc(F)cc1. The van der Waals surface area contributed by atoms with Crippen LogP contribution in [0.15, 0.2) is 69.6 Å². The minimum absolute atomic E-state index is 0.198. The average Bonchev–Trinajstić information content (AvgIpc) is 3.04. The van der Waals surface area contributed by atoms with Crippen molar-refractivity contribution >= 4 is 23.4 Å². The van der Waals surface area contributed by atoms with E-state index in [4.69, 9.17) is 4.74 Å². The van der Waals surface area contributed by atoms with Crippen molar-refractivity contribution < 1.29 is 13.9 Å². The van der Waals surface area contributed by atoms with Gasteiger partial charge in [-0.05, 0) is 50.1 Å². The molecule has 0 amide bonds. The Kier molecular flexibility index (Phi) is 5.69. The highest BCUT2D eigenvalue weighted by Crippen LogP contribution is 2.30. The molecule has 158 valence electrons.